The molecular formula is C16H20F2N7O3P. The van der Waals surface area contributed by atoms with Gasteiger partial charge in [0.05, 0.1) is 13.1 Å². The number of benzene rings is 1. The second kappa shape index (κ2) is 8.46. The number of hydrogen-bond acceptors (Lipinski definition) is 7. The number of rotatable bonds is 9. The van der Waals surface area contributed by atoms with Gasteiger partial charge in [0.25, 0.3) is 0 Å². The summed E-state index contributed by atoms with van der Waals surface area (Å²) in [6.07, 6.45) is 5.38. The molecule has 0 amide bonds. The van der Waals surface area contributed by atoms with Crippen LogP contribution in [0.2, 0.25) is 0 Å². The Bertz CT molecular complexity index is 946. The van der Waals surface area contributed by atoms with Crippen molar-refractivity contribution in [1.82, 2.24) is 34.2 Å². The zero-order valence-electron chi connectivity index (χ0n) is 16.0. The molecule has 1 unspecified atom stereocenters. The van der Waals surface area contributed by atoms with Crippen molar-refractivity contribution < 1.29 is 22.4 Å². The van der Waals surface area contributed by atoms with Crippen molar-refractivity contribution in [1.29, 1.82) is 0 Å². The van der Waals surface area contributed by atoms with Crippen LogP contribution in [0.15, 0.2) is 43.5 Å². The Hall–Kier alpha value is -2.53. The van der Waals surface area contributed by atoms with Crippen molar-refractivity contribution in [2.45, 2.75) is 18.7 Å². The molecule has 0 aliphatic carbocycles. The lowest BCUT2D eigenvalue weighted by Gasteiger charge is -2.37. The molecule has 0 fully saturated rings. The third kappa shape index (κ3) is 4.56. The molecule has 0 N–H and O–H groups in total. The van der Waals surface area contributed by atoms with Crippen LogP contribution >= 0.6 is 7.75 Å². The van der Waals surface area contributed by atoms with Gasteiger partial charge in [-0.3, -0.25) is 9.05 Å². The first-order chi connectivity index (χ1) is 13.8. The highest BCUT2D eigenvalue weighted by atomic mass is 31.2. The highest BCUT2D eigenvalue weighted by molar-refractivity contribution is 7.51. The van der Waals surface area contributed by atoms with E-state index in [4.69, 9.17) is 9.05 Å². The van der Waals surface area contributed by atoms with E-state index in [1.165, 1.54) is 66.6 Å². The predicted molar refractivity (Wildman–Crippen MR) is 97.5 cm³/mol. The van der Waals surface area contributed by atoms with Gasteiger partial charge in [0, 0.05) is 18.7 Å². The van der Waals surface area contributed by atoms with Crippen molar-refractivity contribution >= 4 is 7.75 Å². The van der Waals surface area contributed by atoms with Crippen LogP contribution in [-0.2, 0) is 32.3 Å². The van der Waals surface area contributed by atoms with E-state index < -0.39 is 25.0 Å². The topological polar surface area (TPSA) is 100 Å². The van der Waals surface area contributed by atoms with E-state index in [9.17, 15) is 13.3 Å². The van der Waals surface area contributed by atoms with E-state index in [1.807, 2.05) is 0 Å². The number of hydrogen-bond donors (Lipinski definition) is 0. The lowest BCUT2D eigenvalue weighted by Crippen LogP contribution is -2.41. The van der Waals surface area contributed by atoms with Crippen molar-refractivity contribution in [2.24, 2.45) is 0 Å². The van der Waals surface area contributed by atoms with Gasteiger partial charge in [-0.05, 0) is 20.2 Å². The Labute approximate surface area is 165 Å². The maximum Gasteiger partial charge on any atom is 0.408 e. The van der Waals surface area contributed by atoms with Crippen LogP contribution < -0.4 is 0 Å². The van der Waals surface area contributed by atoms with Crippen molar-refractivity contribution in [3.8, 4) is 0 Å². The predicted octanol–water partition coefficient (Wildman–Crippen LogP) is 2.08. The number of halogens is 2. The van der Waals surface area contributed by atoms with E-state index in [2.05, 4.69) is 20.2 Å². The molecule has 0 radical (unpaired) electrons. The van der Waals surface area contributed by atoms with Gasteiger partial charge in [0.2, 0.25) is 0 Å². The average Bonchev–Trinajstić information content (AvgIpc) is 3.35. The molecule has 0 saturated heterocycles. The fourth-order valence-corrected chi connectivity index (χ4v) is 4.06. The molecule has 1 aromatic carbocycles. The second-order valence-corrected chi connectivity index (χ2v) is 8.68. The fraction of sp³-hybridized carbons (Fsp3) is 0.375. The van der Waals surface area contributed by atoms with Gasteiger partial charge in [0.15, 0.2) is 0 Å². The lowest BCUT2D eigenvalue weighted by atomic mass is 9.93. The molecule has 2 aromatic heterocycles. The smallest absolute Gasteiger partial charge is 0.300 e. The van der Waals surface area contributed by atoms with E-state index >= 15 is 0 Å². The van der Waals surface area contributed by atoms with Crippen molar-refractivity contribution in [3.05, 3.63) is 60.7 Å². The van der Waals surface area contributed by atoms with Gasteiger partial charge < -0.3 is 0 Å². The van der Waals surface area contributed by atoms with Crippen molar-refractivity contribution in [3.63, 3.8) is 0 Å². The summed E-state index contributed by atoms with van der Waals surface area (Å²) in [4.78, 5) is 7.76. The van der Waals surface area contributed by atoms with Crippen LogP contribution in [0.1, 0.15) is 5.56 Å². The first-order valence-electron chi connectivity index (χ1n) is 8.43. The summed E-state index contributed by atoms with van der Waals surface area (Å²) in [6, 6.07) is 3.05. The summed E-state index contributed by atoms with van der Waals surface area (Å²) in [5, 5.41) is 8.09. The van der Waals surface area contributed by atoms with E-state index in [0.29, 0.717) is 0 Å². The van der Waals surface area contributed by atoms with Crippen molar-refractivity contribution in [2.75, 3.05) is 21.2 Å². The second-order valence-electron chi connectivity index (χ2n) is 6.39. The SMILES string of the molecule is COP(=O)(OC(Cn1cncn1)(Cn1cncn1)c1ccc(F)cc1F)N(C)C. The summed E-state index contributed by atoms with van der Waals surface area (Å²) < 4.78 is 57.0. The van der Waals surface area contributed by atoms with E-state index in [-0.39, 0.29) is 18.7 Å². The minimum Gasteiger partial charge on any atom is -0.300 e. The van der Waals surface area contributed by atoms with Crippen LogP contribution in [0, 0.1) is 11.6 Å². The van der Waals surface area contributed by atoms with Crippen LogP contribution in [0.4, 0.5) is 8.78 Å². The molecule has 3 rings (SSSR count). The minimum absolute atomic E-state index is 0.0518. The van der Waals surface area contributed by atoms with Crippen LogP contribution in [0.3, 0.4) is 0 Å². The van der Waals surface area contributed by atoms with Gasteiger partial charge in [-0.15, -0.1) is 0 Å². The molecule has 3 aromatic rings. The molecule has 0 saturated carbocycles. The van der Waals surface area contributed by atoms with Gasteiger partial charge in [-0.1, -0.05) is 6.07 Å². The molecule has 1 atom stereocenters. The minimum atomic E-state index is -3.88. The monoisotopic (exact) mass is 427 g/mol. The molecule has 0 spiro atoms. The molecule has 10 nitrogen and oxygen atoms in total. The maximum absolute atomic E-state index is 14.9. The van der Waals surface area contributed by atoms with E-state index in [1.54, 1.807) is 0 Å². The zero-order valence-corrected chi connectivity index (χ0v) is 16.9. The number of nitrogens with zero attached hydrogens (tertiary/aromatic N) is 7. The first-order valence-corrected chi connectivity index (χ1v) is 9.92. The van der Waals surface area contributed by atoms with Crippen LogP contribution in [0.25, 0.3) is 0 Å². The average molecular weight is 427 g/mol. The fourth-order valence-electron chi connectivity index (χ4n) is 2.84. The highest BCUT2D eigenvalue weighted by Crippen LogP contribution is 2.55. The largest absolute Gasteiger partial charge is 0.408 e. The molecule has 0 aliphatic rings. The van der Waals surface area contributed by atoms with E-state index in [0.717, 1.165) is 12.1 Å². The number of aromatic nitrogens is 6. The van der Waals surface area contributed by atoms with Crippen LogP contribution in [0.5, 0.6) is 0 Å². The summed E-state index contributed by atoms with van der Waals surface area (Å²) in [5.74, 6) is -1.64. The Balaban J connectivity index is 2.20. The van der Waals surface area contributed by atoms with Gasteiger partial charge in [-0.2, -0.15) is 10.2 Å². The molecular weight excluding hydrogens is 407 g/mol. The molecule has 0 aliphatic heterocycles. The van der Waals surface area contributed by atoms with Gasteiger partial charge in [0.1, 0.15) is 42.5 Å². The molecule has 2 heterocycles. The summed E-state index contributed by atoms with van der Waals surface area (Å²) >= 11 is 0. The Morgan fingerprint density at radius 1 is 1.10 bits per heavy atom. The molecule has 156 valence electrons. The quantitative estimate of drug-likeness (QED) is 0.479. The Kier molecular flexibility index (Phi) is 6.18. The third-order valence-corrected chi connectivity index (χ3v) is 6.22. The Morgan fingerprint density at radius 2 is 1.69 bits per heavy atom. The molecule has 29 heavy (non-hydrogen) atoms. The summed E-state index contributed by atoms with van der Waals surface area (Å²) in [7, 11) is 0.344. The maximum atomic E-state index is 14.9. The standard InChI is InChI=1S/C16H20F2N7O3P/c1-23(2)29(26,27-3)28-16(7-24-11-19-9-21-24,8-25-12-20-10-22-25)14-5-4-13(17)6-15(14)18/h4-6,9-12H,7-8H2,1-3H3. The van der Waals surface area contributed by atoms with Gasteiger partial charge >= 0.3 is 7.75 Å². The Morgan fingerprint density at radius 3 is 2.10 bits per heavy atom. The summed E-state index contributed by atoms with van der Waals surface area (Å²) in [5.41, 5.74) is -1.71. The normalized spacial score (nSPS) is 14.3. The molecule has 13 heteroatoms. The first kappa shape index (κ1) is 21.2. The molecule has 0 bridgehead atoms. The lowest BCUT2D eigenvalue weighted by molar-refractivity contribution is -0.00500. The van der Waals surface area contributed by atoms with Gasteiger partial charge in [-0.25, -0.2) is 37.3 Å². The van der Waals surface area contributed by atoms with Crippen LogP contribution in [-0.4, -0.2) is 55.4 Å². The third-order valence-electron chi connectivity index (χ3n) is 4.20. The highest BCUT2D eigenvalue weighted by Gasteiger charge is 2.46. The zero-order chi connectivity index (χ0) is 21.1. The summed E-state index contributed by atoms with van der Waals surface area (Å²) in [6.45, 7) is -0.229.